The van der Waals surface area contributed by atoms with Gasteiger partial charge in [0.05, 0.1) is 12.2 Å². The number of aliphatic hydroxyl groups is 1. The van der Waals surface area contributed by atoms with Crippen molar-refractivity contribution < 1.29 is 9.84 Å². The van der Waals surface area contributed by atoms with Gasteiger partial charge in [-0.2, -0.15) is 0 Å². The molecule has 106 valence electrons. The Bertz CT molecular complexity index is 374. The predicted molar refractivity (Wildman–Crippen MR) is 77.5 cm³/mol. The van der Waals surface area contributed by atoms with E-state index >= 15 is 0 Å². The van der Waals surface area contributed by atoms with Crippen molar-refractivity contribution in [1.82, 2.24) is 4.90 Å². The number of nitrogens with zero attached hydrogens (tertiary/aromatic N) is 1. The molecule has 1 unspecified atom stereocenters. The van der Waals surface area contributed by atoms with Gasteiger partial charge >= 0.3 is 0 Å². The first kappa shape index (κ1) is 14.8. The minimum absolute atomic E-state index is 0.397. The van der Waals surface area contributed by atoms with Gasteiger partial charge < -0.3 is 14.7 Å². The fourth-order valence-electron chi connectivity index (χ4n) is 2.53. The number of hydrogen-bond donors (Lipinski definition) is 1. The Hall–Kier alpha value is -0.610. The third kappa shape index (κ3) is 4.46. The average molecular weight is 284 g/mol. The zero-order valence-corrected chi connectivity index (χ0v) is 12.1. The first-order chi connectivity index (χ1) is 9.19. The van der Waals surface area contributed by atoms with Crippen LogP contribution < -0.4 is 0 Å². The van der Waals surface area contributed by atoms with Gasteiger partial charge in [-0.05, 0) is 37.5 Å². The van der Waals surface area contributed by atoms with Crippen LogP contribution in [0.3, 0.4) is 0 Å². The number of benzene rings is 1. The number of ether oxygens (including phenoxy) is 1. The molecule has 0 radical (unpaired) electrons. The van der Waals surface area contributed by atoms with Crippen LogP contribution in [0.1, 0.15) is 31.4 Å². The van der Waals surface area contributed by atoms with Gasteiger partial charge in [0.15, 0.2) is 0 Å². The Labute approximate surface area is 120 Å². The van der Waals surface area contributed by atoms with E-state index in [0.717, 1.165) is 38.1 Å². The minimum atomic E-state index is -0.444. The summed E-state index contributed by atoms with van der Waals surface area (Å²) in [5, 5.41) is 10.9. The number of rotatable bonds is 5. The van der Waals surface area contributed by atoms with Crippen molar-refractivity contribution in [3.63, 3.8) is 0 Å². The van der Waals surface area contributed by atoms with Crippen molar-refractivity contribution in [2.45, 2.75) is 32.0 Å². The highest BCUT2D eigenvalue weighted by molar-refractivity contribution is 6.30. The van der Waals surface area contributed by atoms with Crippen molar-refractivity contribution in [1.29, 1.82) is 0 Å². The van der Waals surface area contributed by atoms with E-state index in [9.17, 15) is 5.11 Å². The maximum atomic E-state index is 10.2. The van der Waals surface area contributed by atoms with E-state index in [4.69, 9.17) is 16.3 Å². The van der Waals surface area contributed by atoms with E-state index in [1.165, 1.54) is 0 Å². The Morgan fingerprint density at radius 1 is 1.32 bits per heavy atom. The molecule has 0 aliphatic carbocycles. The molecule has 0 saturated carbocycles. The molecule has 2 rings (SSSR count). The summed E-state index contributed by atoms with van der Waals surface area (Å²) in [5.41, 5.74) is 0.927. The zero-order valence-electron chi connectivity index (χ0n) is 11.4. The van der Waals surface area contributed by atoms with E-state index in [-0.39, 0.29) is 0 Å². The Morgan fingerprint density at radius 2 is 1.95 bits per heavy atom. The number of aliphatic hydroxyl groups excluding tert-OH is 1. The maximum Gasteiger partial charge on any atom is 0.0916 e. The van der Waals surface area contributed by atoms with Crippen LogP contribution in [-0.4, -0.2) is 42.4 Å². The standard InChI is InChI=1S/C15H22ClNO2/c1-2-19-14-7-9-17(10-8-14)11-15(18)12-3-5-13(16)6-4-12/h3-6,14-15,18H,2,7-11H2,1H3. The molecule has 4 heteroatoms. The molecule has 1 atom stereocenters. The van der Waals surface area contributed by atoms with E-state index in [1.807, 2.05) is 31.2 Å². The highest BCUT2D eigenvalue weighted by atomic mass is 35.5. The molecule has 1 aliphatic heterocycles. The molecule has 0 bridgehead atoms. The monoisotopic (exact) mass is 283 g/mol. The van der Waals surface area contributed by atoms with Crippen molar-refractivity contribution >= 4 is 11.6 Å². The molecule has 0 amide bonds. The fourth-order valence-corrected chi connectivity index (χ4v) is 2.66. The smallest absolute Gasteiger partial charge is 0.0916 e. The van der Waals surface area contributed by atoms with Crippen molar-refractivity contribution in [2.75, 3.05) is 26.2 Å². The van der Waals surface area contributed by atoms with Crippen LogP contribution >= 0.6 is 11.6 Å². The van der Waals surface area contributed by atoms with E-state index < -0.39 is 6.10 Å². The largest absolute Gasteiger partial charge is 0.387 e. The minimum Gasteiger partial charge on any atom is -0.387 e. The third-order valence-electron chi connectivity index (χ3n) is 3.62. The van der Waals surface area contributed by atoms with Gasteiger partial charge in [0, 0.05) is 31.3 Å². The first-order valence-corrected chi connectivity index (χ1v) is 7.34. The van der Waals surface area contributed by atoms with Crippen LogP contribution in [0, 0.1) is 0 Å². The Balaban J connectivity index is 1.80. The van der Waals surface area contributed by atoms with Crippen molar-refractivity contribution in [2.24, 2.45) is 0 Å². The van der Waals surface area contributed by atoms with Crippen LogP contribution in [-0.2, 0) is 4.74 Å². The molecular formula is C15H22ClNO2. The van der Waals surface area contributed by atoms with Gasteiger partial charge in [-0.25, -0.2) is 0 Å². The average Bonchev–Trinajstić information content (AvgIpc) is 2.42. The lowest BCUT2D eigenvalue weighted by Crippen LogP contribution is -2.39. The summed E-state index contributed by atoms with van der Waals surface area (Å²) >= 11 is 5.85. The van der Waals surface area contributed by atoms with Crippen LogP contribution in [0.4, 0.5) is 0 Å². The number of piperidine rings is 1. The van der Waals surface area contributed by atoms with Gasteiger partial charge in [0.1, 0.15) is 0 Å². The summed E-state index contributed by atoms with van der Waals surface area (Å²) < 4.78 is 5.63. The molecule has 1 N–H and O–H groups in total. The Morgan fingerprint density at radius 3 is 2.53 bits per heavy atom. The summed E-state index contributed by atoms with van der Waals surface area (Å²) in [7, 11) is 0. The number of likely N-dealkylation sites (tertiary alicyclic amines) is 1. The molecular weight excluding hydrogens is 262 g/mol. The molecule has 3 nitrogen and oxygen atoms in total. The lowest BCUT2D eigenvalue weighted by molar-refractivity contribution is 0.00328. The highest BCUT2D eigenvalue weighted by Crippen LogP contribution is 2.20. The second kappa shape index (κ2) is 7.25. The van der Waals surface area contributed by atoms with E-state index in [1.54, 1.807) is 0 Å². The van der Waals surface area contributed by atoms with Gasteiger partial charge in [-0.15, -0.1) is 0 Å². The topological polar surface area (TPSA) is 32.7 Å². The molecule has 1 aliphatic rings. The second-order valence-electron chi connectivity index (χ2n) is 5.02. The van der Waals surface area contributed by atoms with Crippen LogP contribution in [0.2, 0.25) is 5.02 Å². The van der Waals surface area contributed by atoms with Crippen LogP contribution in [0.15, 0.2) is 24.3 Å². The van der Waals surface area contributed by atoms with Gasteiger partial charge in [0.25, 0.3) is 0 Å². The predicted octanol–water partition coefficient (Wildman–Crippen LogP) is 2.87. The molecule has 19 heavy (non-hydrogen) atoms. The summed E-state index contributed by atoms with van der Waals surface area (Å²) in [6, 6.07) is 7.42. The number of hydrogen-bond acceptors (Lipinski definition) is 3. The van der Waals surface area contributed by atoms with Gasteiger partial charge in [0.2, 0.25) is 0 Å². The maximum absolute atomic E-state index is 10.2. The molecule has 1 aromatic carbocycles. The Kier molecular flexibility index (Phi) is 5.64. The molecule has 0 spiro atoms. The van der Waals surface area contributed by atoms with E-state index in [0.29, 0.717) is 17.7 Å². The zero-order chi connectivity index (χ0) is 13.7. The summed E-state index contributed by atoms with van der Waals surface area (Å²) in [6.45, 7) is 5.50. The summed E-state index contributed by atoms with van der Waals surface area (Å²) in [5.74, 6) is 0. The number of β-amino-alcohol motifs (C(OH)–C–C–N with tert-alkyl or cyclic N) is 1. The number of halogens is 1. The quantitative estimate of drug-likeness (QED) is 0.902. The van der Waals surface area contributed by atoms with Crippen LogP contribution in [0.25, 0.3) is 0 Å². The molecule has 1 fully saturated rings. The second-order valence-corrected chi connectivity index (χ2v) is 5.46. The van der Waals surface area contributed by atoms with Crippen LogP contribution in [0.5, 0.6) is 0 Å². The van der Waals surface area contributed by atoms with Gasteiger partial charge in [-0.1, -0.05) is 23.7 Å². The lowest BCUT2D eigenvalue weighted by Gasteiger charge is -2.33. The van der Waals surface area contributed by atoms with Crippen molar-refractivity contribution in [3.8, 4) is 0 Å². The van der Waals surface area contributed by atoms with Gasteiger partial charge in [-0.3, -0.25) is 0 Å². The third-order valence-corrected chi connectivity index (χ3v) is 3.87. The SMILES string of the molecule is CCOC1CCN(CC(O)c2ccc(Cl)cc2)CC1. The molecule has 0 aromatic heterocycles. The van der Waals surface area contributed by atoms with Crippen molar-refractivity contribution in [3.05, 3.63) is 34.9 Å². The summed E-state index contributed by atoms with van der Waals surface area (Å²) in [4.78, 5) is 2.30. The highest BCUT2D eigenvalue weighted by Gasteiger charge is 2.21. The normalized spacial score (nSPS) is 19.5. The van der Waals surface area contributed by atoms with E-state index in [2.05, 4.69) is 4.90 Å². The molecule has 1 saturated heterocycles. The lowest BCUT2D eigenvalue weighted by atomic mass is 10.1. The molecule has 1 heterocycles. The fraction of sp³-hybridized carbons (Fsp3) is 0.600. The molecule has 1 aromatic rings. The first-order valence-electron chi connectivity index (χ1n) is 6.96. The summed E-state index contributed by atoms with van der Waals surface area (Å²) in [6.07, 6.45) is 2.07.